The number of nitrogens with zero attached hydrogens (tertiary/aromatic N) is 2. The largest absolute Gasteiger partial charge is 0.330 e. The van der Waals surface area contributed by atoms with Crippen LogP contribution in [0, 0.1) is 14.9 Å². The van der Waals surface area contributed by atoms with Gasteiger partial charge in [0.1, 0.15) is 0 Å². The van der Waals surface area contributed by atoms with Gasteiger partial charge in [-0.3, -0.25) is 25.1 Å². The highest BCUT2D eigenvalue weighted by Crippen LogP contribution is 2.12. The lowest BCUT2D eigenvalue weighted by molar-refractivity contribution is -0.384. The lowest BCUT2D eigenvalue weighted by Crippen LogP contribution is -2.34. The second-order valence-electron chi connectivity index (χ2n) is 4.86. The normalized spacial score (nSPS) is 10.5. The van der Waals surface area contributed by atoms with E-state index < -0.39 is 16.4 Å². The number of carbonyl (C=O) groups excluding carboxylic acids is 1. The molecular weight excluding hydrogens is 332 g/mol. The third kappa shape index (κ3) is 2.79. The fraction of sp³-hybridized carbons (Fsp3) is 0. The van der Waals surface area contributed by atoms with Gasteiger partial charge in [-0.2, -0.15) is 4.68 Å². The molecule has 0 aliphatic rings. The highest BCUT2D eigenvalue weighted by Gasteiger charge is 2.12. The number of hydrogen-bond acceptors (Lipinski definition) is 5. The van der Waals surface area contributed by atoms with Crippen LogP contribution in [0.5, 0.6) is 0 Å². The molecule has 2 N–H and O–H groups in total. The van der Waals surface area contributed by atoms with Crippen molar-refractivity contribution >= 4 is 34.7 Å². The molecule has 0 saturated heterocycles. The molecule has 0 bridgehead atoms. The quantitative estimate of drug-likeness (QED) is 0.431. The smallest absolute Gasteiger partial charge is 0.281 e. The minimum Gasteiger partial charge on any atom is -0.330 e. The maximum atomic E-state index is 12.4. The number of nitro groups is 1. The van der Waals surface area contributed by atoms with E-state index in [0.717, 1.165) is 4.68 Å². The Labute approximate surface area is 139 Å². The molecule has 0 saturated carbocycles. The Kier molecular flexibility index (Phi) is 3.92. The summed E-state index contributed by atoms with van der Waals surface area (Å²) in [7, 11) is 0. The van der Waals surface area contributed by atoms with Crippen LogP contribution in [0.3, 0.4) is 0 Å². The highest BCUT2D eigenvalue weighted by molar-refractivity contribution is 7.71. The summed E-state index contributed by atoms with van der Waals surface area (Å²) in [6, 6.07) is 11.8. The van der Waals surface area contributed by atoms with Gasteiger partial charge in [0.25, 0.3) is 17.2 Å². The SMILES string of the molecule is O=C(Nn1c(=S)[nH]c2ccccc2c1=O)c1ccc([N+](=O)[O-])cc1. The van der Waals surface area contributed by atoms with Crippen molar-refractivity contribution in [3.8, 4) is 0 Å². The molecule has 24 heavy (non-hydrogen) atoms. The van der Waals surface area contributed by atoms with Crippen molar-refractivity contribution in [1.82, 2.24) is 9.66 Å². The molecular formula is C15H10N4O4S. The zero-order valence-electron chi connectivity index (χ0n) is 12.1. The molecule has 0 atom stereocenters. The molecule has 2 aromatic carbocycles. The van der Waals surface area contributed by atoms with Gasteiger partial charge in [-0.25, -0.2) is 0 Å². The second-order valence-corrected chi connectivity index (χ2v) is 5.25. The Hall–Kier alpha value is -3.33. The summed E-state index contributed by atoms with van der Waals surface area (Å²) in [4.78, 5) is 37.6. The number of amides is 1. The van der Waals surface area contributed by atoms with E-state index in [1.165, 1.54) is 24.3 Å². The number of nitro benzene ring substituents is 1. The summed E-state index contributed by atoms with van der Waals surface area (Å²) in [5, 5.41) is 11.0. The summed E-state index contributed by atoms with van der Waals surface area (Å²) in [6.45, 7) is 0. The van der Waals surface area contributed by atoms with Gasteiger partial charge in [0.2, 0.25) is 0 Å². The number of hydrogen-bond donors (Lipinski definition) is 2. The number of aromatic amines is 1. The van der Waals surface area contributed by atoms with Crippen LogP contribution in [-0.2, 0) is 0 Å². The topological polar surface area (TPSA) is 110 Å². The third-order valence-electron chi connectivity index (χ3n) is 3.36. The molecule has 1 aromatic heterocycles. The minimum absolute atomic E-state index is 0.0361. The number of carbonyl (C=O) groups is 1. The molecule has 0 spiro atoms. The van der Waals surface area contributed by atoms with Crippen molar-refractivity contribution < 1.29 is 9.72 Å². The van der Waals surface area contributed by atoms with Crippen molar-refractivity contribution in [2.24, 2.45) is 0 Å². The molecule has 9 heteroatoms. The summed E-state index contributed by atoms with van der Waals surface area (Å²) in [5.41, 5.74) is 2.52. The van der Waals surface area contributed by atoms with Crippen molar-refractivity contribution in [1.29, 1.82) is 0 Å². The molecule has 0 fully saturated rings. The Balaban J connectivity index is 1.97. The number of fused-ring (bicyclic) bond motifs is 1. The second kappa shape index (κ2) is 6.05. The summed E-state index contributed by atoms with van der Waals surface area (Å²) in [6.07, 6.45) is 0. The maximum Gasteiger partial charge on any atom is 0.281 e. The van der Waals surface area contributed by atoms with Crippen LogP contribution in [0.4, 0.5) is 5.69 Å². The van der Waals surface area contributed by atoms with Crippen LogP contribution in [0.1, 0.15) is 10.4 Å². The molecule has 0 aliphatic heterocycles. The zero-order valence-corrected chi connectivity index (χ0v) is 12.9. The van der Waals surface area contributed by atoms with Crippen LogP contribution in [0.25, 0.3) is 10.9 Å². The average Bonchev–Trinajstić information content (AvgIpc) is 2.58. The molecule has 0 radical (unpaired) electrons. The summed E-state index contributed by atoms with van der Waals surface area (Å²) in [5.74, 6) is -0.609. The van der Waals surface area contributed by atoms with Crippen LogP contribution in [0.15, 0.2) is 53.3 Å². The maximum absolute atomic E-state index is 12.4. The number of non-ortho nitro benzene ring substituents is 1. The molecule has 1 heterocycles. The molecule has 0 aliphatic carbocycles. The Morgan fingerprint density at radius 3 is 2.50 bits per heavy atom. The monoisotopic (exact) mass is 342 g/mol. The fourth-order valence-electron chi connectivity index (χ4n) is 2.16. The Morgan fingerprint density at radius 2 is 1.83 bits per heavy atom. The van der Waals surface area contributed by atoms with E-state index in [1.807, 2.05) is 0 Å². The standard InChI is InChI=1S/C15H10N4O4S/c20-13(9-5-7-10(8-6-9)19(22)23)17-18-14(21)11-3-1-2-4-12(11)16-15(18)24/h1-8H,(H,16,24)(H,17,20). The molecule has 1 amide bonds. The van der Waals surface area contributed by atoms with E-state index >= 15 is 0 Å². The minimum atomic E-state index is -0.609. The lowest BCUT2D eigenvalue weighted by Gasteiger charge is -2.09. The van der Waals surface area contributed by atoms with Crippen molar-refractivity contribution in [2.45, 2.75) is 0 Å². The van der Waals surface area contributed by atoms with Crippen molar-refractivity contribution in [3.05, 3.63) is 79.3 Å². The van der Waals surface area contributed by atoms with Gasteiger partial charge in [-0.05, 0) is 36.5 Å². The first-order valence-electron chi connectivity index (χ1n) is 6.77. The highest BCUT2D eigenvalue weighted by atomic mass is 32.1. The van der Waals surface area contributed by atoms with E-state index in [-0.39, 0.29) is 16.0 Å². The van der Waals surface area contributed by atoms with E-state index in [1.54, 1.807) is 24.3 Å². The number of H-pyrrole nitrogens is 1. The fourth-order valence-corrected chi connectivity index (χ4v) is 2.40. The van der Waals surface area contributed by atoms with Gasteiger partial charge in [0, 0.05) is 17.7 Å². The van der Waals surface area contributed by atoms with Gasteiger partial charge in [0.15, 0.2) is 4.77 Å². The van der Waals surface area contributed by atoms with Gasteiger partial charge >= 0.3 is 0 Å². The number of nitrogens with one attached hydrogen (secondary N) is 2. The summed E-state index contributed by atoms with van der Waals surface area (Å²) < 4.78 is 0.968. The average molecular weight is 342 g/mol. The summed E-state index contributed by atoms with van der Waals surface area (Å²) >= 11 is 5.09. The van der Waals surface area contributed by atoms with E-state index in [9.17, 15) is 19.7 Å². The van der Waals surface area contributed by atoms with Crippen LogP contribution >= 0.6 is 12.2 Å². The molecule has 0 unspecified atom stereocenters. The van der Waals surface area contributed by atoms with Gasteiger partial charge < -0.3 is 4.98 Å². The number of rotatable bonds is 3. The van der Waals surface area contributed by atoms with Crippen LogP contribution in [0.2, 0.25) is 0 Å². The molecule has 3 aromatic rings. The zero-order chi connectivity index (χ0) is 17.3. The van der Waals surface area contributed by atoms with Crippen LogP contribution in [-0.4, -0.2) is 20.5 Å². The molecule has 8 nitrogen and oxygen atoms in total. The number of benzene rings is 2. The van der Waals surface area contributed by atoms with Gasteiger partial charge in [-0.15, -0.1) is 0 Å². The molecule has 120 valence electrons. The van der Waals surface area contributed by atoms with Crippen molar-refractivity contribution in [2.75, 3.05) is 5.43 Å². The Morgan fingerprint density at radius 1 is 1.17 bits per heavy atom. The van der Waals surface area contributed by atoms with Gasteiger partial charge in [-0.1, -0.05) is 12.1 Å². The first-order valence-corrected chi connectivity index (χ1v) is 7.18. The third-order valence-corrected chi connectivity index (χ3v) is 3.64. The molecule has 3 rings (SSSR count). The number of aromatic nitrogens is 2. The van der Waals surface area contributed by atoms with Crippen molar-refractivity contribution in [3.63, 3.8) is 0 Å². The van der Waals surface area contributed by atoms with E-state index in [2.05, 4.69) is 10.4 Å². The van der Waals surface area contributed by atoms with E-state index in [0.29, 0.717) is 10.9 Å². The van der Waals surface area contributed by atoms with E-state index in [4.69, 9.17) is 12.2 Å². The number of para-hydroxylation sites is 1. The van der Waals surface area contributed by atoms with Gasteiger partial charge in [0.05, 0.1) is 15.8 Å². The van der Waals surface area contributed by atoms with Crippen LogP contribution < -0.4 is 11.0 Å². The first-order chi connectivity index (χ1) is 11.5. The first kappa shape index (κ1) is 15.6. The Bertz CT molecular complexity index is 1070. The lowest BCUT2D eigenvalue weighted by atomic mass is 10.2. The predicted octanol–water partition coefficient (Wildman–Crippen LogP) is 2.35. The predicted molar refractivity (Wildman–Crippen MR) is 90.2 cm³/mol.